The van der Waals surface area contributed by atoms with Gasteiger partial charge in [-0.3, -0.25) is 0 Å². The van der Waals surface area contributed by atoms with Crippen LogP contribution in [0.25, 0.3) is 0 Å². The Morgan fingerprint density at radius 2 is 0.933 bits per heavy atom. The van der Waals surface area contributed by atoms with Gasteiger partial charge in [-0.25, -0.2) is 4.79 Å². The molecule has 0 aliphatic carbocycles. The molecule has 3 heteroatoms. The van der Waals surface area contributed by atoms with E-state index in [2.05, 4.69) is 0 Å². The van der Waals surface area contributed by atoms with Gasteiger partial charge in [0.1, 0.15) is 0 Å². The van der Waals surface area contributed by atoms with E-state index in [0.717, 1.165) is 16.7 Å². The monoisotopic (exact) mass is 394 g/mol. The highest BCUT2D eigenvalue weighted by Crippen LogP contribution is 2.41. The maximum Gasteiger partial charge on any atom is 0.341 e. The first-order chi connectivity index (χ1) is 14.7. The van der Waals surface area contributed by atoms with Crippen molar-refractivity contribution in [1.29, 1.82) is 0 Å². The molecule has 148 valence electrons. The second-order valence-electron chi connectivity index (χ2n) is 7.01. The highest BCUT2D eigenvalue weighted by Gasteiger charge is 2.41. The predicted molar refractivity (Wildman–Crippen MR) is 117 cm³/mol. The number of carbonyl (C=O) groups is 1. The molecule has 0 amide bonds. The zero-order valence-electron chi connectivity index (χ0n) is 16.4. The average molecular weight is 394 g/mol. The van der Waals surface area contributed by atoms with Gasteiger partial charge in [0.25, 0.3) is 0 Å². The third-order valence-electron chi connectivity index (χ3n) is 5.13. The van der Waals surface area contributed by atoms with Crippen LogP contribution in [0.4, 0.5) is 0 Å². The lowest BCUT2D eigenvalue weighted by atomic mass is 9.80. The van der Waals surface area contributed by atoms with E-state index in [4.69, 9.17) is 4.74 Å². The standard InChI is InChI=1S/C27H22O3/c28-25(21-13-5-1-6-14-21)26(29)30-27(22-15-7-2-8-16-22,23-17-9-3-10-18-23)24-19-11-4-12-20-24/h1-20,25,28H. The minimum Gasteiger partial charge on any atom is -0.442 e. The van der Waals surface area contributed by atoms with E-state index in [1.807, 2.05) is 97.1 Å². The van der Waals surface area contributed by atoms with Crippen molar-refractivity contribution in [3.8, 4) is 0 Å². The molecule has 4 aromatic carbocycles. The van der Waals surface area contributed by atoms with E-state index in [0.29, 0.717) is 5.56 Å². The smallest absolute Gasteiger partial charge is 0.341 e. The van der Waals surface area contributed by atoms with Crippen LogP contribution in [0, 0.1) is 0 Å². The second-order valence-corrected chi connectivity index (χ2v) is 7.01. The first kappa shape index (κ1) is 19.6. The van der Waals surface area contributed by atoms with Crippen LogP contribution < -0.4 is 0 Å². The zero-order valence-corrected chi connectivity index (χ0v) is 16.4. The summed E-state index contributed by atoms with van der Waals surface area (Å²) in [5.74, 6) is -0.710. The van der Waals surface area contributed by atoms with Crippen molar-refractivity contribution < 1.29 is 14.6 Å². The minimum atomic E-state index is -1.39. The summed E-state index contributed by atoms with van der Waals surface area (Å²) in [5.41, 5.74) is 1.70. The van der Waals surface area contributed by atoms with E-state index in [1.54, 1.807) is 24.3 Å². The molecule has 0 spiro atoms. The van der Waals surface area contributed by atoms with Crippen LogP contribution in [-0.4, -0.2) is 11.1 Å². The summed E-state index contributed by atoms with van der Waals surface area (Å²) in [7, 11) is 0. The van der Waals surface area contributed by atoms with Gasteiger partial charge in [-0.1, -0.05) is 121 Å². The Hall–Kier alpha value is -3.69. The van der Waals surface area contributed by atoms with Gasteiger partial charge in [0.05, 0.1) is 0 Å². The fraction of sp³-hybridized carbons (Fsp3) is 0.0741. The number of rotatable bonds is 6. The molecule has 1 atom stereocenters. The molecule has 0 saturated carbocycles. The molecular formula is C27H22O3. The maximum absolute atomic E-state index is 13.2. The Balaban J connectivity index is 1.88. The lowest BCUT2D eigenvalue weighted by Crippen LogP contribution is -2.37. The molecule has 0 aliphatic heterocycles. The van der Waals surface area contributed by atoms with Crippen molar-refractivity contribution in [2.75, 3.05) is 0 Å². The van der Waals surface area contributed by atoms with E-state index in [1.165, 1.54) is 0 Å². The first-order valence-electron chi connectivity index (χ1n) is 9.84. The van der Waals surface area contributed by atoms with Gasteiger partial charge in [-0.05, 0) is 5.56 Å². The molecule has 0 aliphatic rings. The lowest BCUT2D eigenvalue weighted by Gasteiger charge is -2.36. The fourth-order valence-corrected chi connectivity index (χ4v) is 3.67. The van der Waals surface area contributed by atoms with Gasteiger partial charge in [-0.15, -0.1) is 0 Å². The Labute approximate surface area is 176 Å². The highest BCUT2D eigenvalue weighted by atomic mass is 16.6. The van der Waals surface area contributed by atoms with Crippen LogP contribution in [-0.2, 0) is 15.1 Å². The molecule has 0 heterocycles. The van der Waals surface area contributed by atoms with Crippen LogP contribution in [0.1, 0.15) is 28.4 Å². The van der Waals surface area contributed by atoms with E-state index in [-0.39, 0.29) is 0 Å². The molecule has 0 fully saturated rings. The van der Waals surface area contributed by atoms with Crippen molar-refractivity contribution in [3.63, 3.8) is 0 Å². The number of carbonyl (C=O) groups excluding carboxylic acids is 1. The summed E-state index contributed by atoms with van der Waals surface area (Å²) < 4.78 is 6.22. The Morgan fingerprint density at radius 3 is 1.30 bits per heavy atom. The Bertz CT molecular complexity index is 981. The number of benzene rings is 4. The van der Waals surface area contributed by atoms with Gasteiger partial charge < -0.3 is 9.84 Å². The van der Waals surface area contributed by atoms with Crippen molar-refractivity contribution >= 4 is 5.97 Å². The van der Waals surface area contributed by atoms with E-state index in [9.17, 15) is 9.90 Å². The summed E-state index contributed by atoms with van der Waals surface area (Å²) in [4.78, 5) is 13.2. The Morgan fingerprint density at radius 1 is 0.600 bits per heavy atom. The number of esters is 1. The number of aliphatic hydroxyl groups excluding tert-OH is 1. The van der Waals surface area contributed by atoms with Crippen LogP contribution in [0.3, 0.4) is 0 Å². The number of ether oxygens (including phenoxy) is 1. The second kappa shape index (κ2) is 8.76. The summed E-state index contributed by atoms with van der Waals surface area (Å²) in [5, 5.41) is 10.7. The van der Waals surface area contributed by atoms with Crippen LogP contribution in [0.5, 0.6) is 0 Å². The normalized spacial score (nSPS) is 12.2. The molecule has 30 heavy (non-hydrogen) atoms. The van der Waals surface area contributed by atoms with Crippen LogP contribution >= 0.6 is 0 Å². The zero-order chi connectivity index (χ0) is 20.8. The molecule has 0 aromatic heterocycles. The van der Waals surface area contributed by atoms with Gasteiger partial charge in [0, 0.05) is 16.7 Å². The molecule has 1 N–H and O–H groups in total. The lowest BCUT2D eigenvalue weighted by molar-refractivity contribution is -0.164. The third-order valence-corrected chi connectivity index (χ3v) is 5.13. The van der Waals surface area contributed by atoms with Crippen molar-refractivity contribution in [1.82, 2.24) is 0 Å². The average Bonchev–Trinajstić information content (AvgIpc) is 2.84. The first-order valence-corrected chi connectivity index (χ1v) is 9.84. The van der Waals surface area contributed by atoms with Gasteiger partial charge >= 0.3 is 5.97 Å². The van der Waals surface area contributed by atoms with Gasteiger partial charge in [-0.2, -0.15) is 0 Å². The summed E-state index contributed by atoms with van der Waals surface area (Å²) >= 11 is 0. The fourth-order valence-electron chi connectivity index (χ4n) is 3.67. The molecule has 4 rings (SSSR count). The predicted octanol–water partition coefficient (Wildman–Crippen LogP) is 5.26. The highest BCUT2D eigenvalue weighted by molar-refractivity contribution is 5.78. The molecule has 3 nitrogen and oxygen atoms in total. The Kier molecular flexibility index (Phi) is 5.73. The summed E-state index contributed by atoms with van der Waals surface area (Å²) in [6.45, 7) is 0. The molecule has 0 saturated heterocycles. The largest absolute Gasteiger partial charge is 0.442 e. The van der Waals surface area contributed by atoms with E-state index < -0.39 is 17.7 Å². The van der Waals surface area contributed by atoms with Crippen molar-refractivity contribution in [3.05, 3.63) is 144 Å². The number of aliphatic hydroxyl groups is 1. The SMILES string of the molecule is O=C(OC(c1ccccc1)(c1ccccc1)c1ccccc1)C(O)c1ccccc1. The number of hydrogen-bond acceptors (Lipinski definition) is 3. The molecule has 1 unspecified atom stereocenters. The molecule has 0 bridgehead atoms. The molecule has 4 aromatic rings. The van der Waals surface area contributed by atoms with Crippen molar-refractivity contribution in [2.45, 2.75) is 11.7 Å². The molecular weight excluding hydrogens is 372 g/mol. The molecule has 0 radical (unpaired) electrons. The topological polar surface area (TPSA) is 46.5 Å². The van der Waals surface area contributed by atoms with E-state index >= 15 is 0 Å². The van der Waals surface area contributed by atoms with Crippen LogP contribution in [0.15, 0.2) is 121 Å². The van der Waals surface area contributed by atoms with Crippen molar-refractivity contribution in [2.24, 2.45) is 0 Å². The van der Waals surface area contributed by atoms with Crippen LogP contribution in [0.2, 0.25) is 0 Å². The maximum atomic E-state index is 13.2. The minimum absolute atomic E-state index is 0.491. The van der Waals surface area contributed by atoms with Gasteiger partial charge in [0.15, 0.2) is 11.7 Å². The third kappa shape index (κ3) is 3.76. The summed E-state index contributed by atoms with van der Waals surface area (Å²) in [6.07, 6.45) is -1.39. The van der Waals surface area contributed by atoms with Gasteiger partial charge in [0.2, 0.25) is 0 Å². The quantitative estimate of drug-likeness (QED) is 0.359. The summed E-state index contributed by atoms with van der Waals surface area (Å²) in [6, 6.07) is 37.7. The number of hydrogen-bond donors (Lipinski definition) is 1.